The Bertz CT molecular complexity index is 1070. The molecule has 0 aliphatic carbocycles. The molecule has 0 aliphatic heterocycles. The summed E-state index contributed by atoms with van der Waals surface area (Å²) in [6.07, 6.45) is -1.77. The molecule has 0 fully saturated rings. The molecule has 1 aromatic heterocycles. The zero-order valence-electron chi connectivity index (χ0n) is 19.3. The predicted molar refractivity (Wildman–Crippen MR) is 123 cm³/mol. The molecule has 0 aliphatic rings. The first-order valence-corrected chi connectivity index (χ1v) is 12.0. The second-order valence-corrected chi connectivity index (χ2v) is 11.6. The Labute approximate surface area is 188 Å². The Hall–Kier alpha value is -2.34. The molecule has 2 aromatic rings. The number of carbonyl (C=O) groups is 1. The molecule has 8 heteroatoms. The molecule has 0 saturated carbocycles. The summed E-state index contributed by atoms with van der Waals surface area (Å²) in [6, 6.07) is 7.03. The molecular formula is C24H31FNO5P. The molecular weight excluding hydrogens is 432 g/mol. The van der Waals surface area contributed by atoms with E-state index >= 15 is 0 Å². The van der Waals surface area contributed by atoms with Crippen molar-refractivity contribution >= 4 is 13.3 Å². The van der Waals surface area contributed by atoms with E-state index in [0.717, 1.165) is 6.92 Å². The average molecular weight is 463 g/mol. The number of benzene rings is 1. The van der Waals surface area contributed by atoms with Gasteiger partial charge < -0.3 is 15.1 Å². The first-order valence-electron chi connectivity index (χ1n) is 10.3. The molecule has 0 amide bonds. The van der Waals surface area contributed by atoms with Crippen LogP contribution in [0.15, 0.2) is 42.7 Å². The fraction of sp³-hybridized carbons (Fsp3) is 0.417. The average Bonchev–Trinajstić information content (AvgIpc) is 2.67. The van der Waals surface area contributed by atoms with Gasteiger partial charge in [-0.3, -0.25) is 14.3 Å². The first-order chi connectivity index (χ1) is 14.6. The second-order valence-electron chi connectivity index (χ2n) is 9.28. The van der Waals surface area contributed by atoms with Crippen LogP contribution >= 0.6 is 7.37 Å². The molecule has 3 unspecified atom stereocenters. The van der Waals surface area contributed by atoms with Crippen LogP contribution < -0.4 is 0 Å². The number of pyridine rings is 1. The number of carboxylic acids is 1. The third-order valence-corrected chi connectivity index (χ3v) is 7.88. The van der Waals surface area contributed by atoms with E-state index in [0.29, 0.717) is 22.6 Å². The van der Waals surface area contributed by atoms with E-state index in [1.165, 1.54) is 24.3 Å². The maximum Gasteiger partial charge on any atom is 0.327 e. The number of hydrogen-bond acceptors (Lipinski definition) is 4. The first kappa shape index (κ1) is 25.9. The highest BCUT2D eigenvalue weighted by atomic mass is 31.2. The van der Waals surface area contributed by atoms with Gasteiger partial charge in [-0.05, 0) is 48.0 Å². The van der Waals surface area contributed by atoms with Crippen molar-refractivity contribution in [1.82, 2.24) is 4.98 Å². The van der Waals surface area contributed by atoms with Crippen LogP contribution in [0.5, 0.6) is 0 Å². The molecule has 1 aromatic carbocycles. The Morgan fingerprint density at radius 1 is 1.19 bits per heavy atom. The molecule has 0 saturated heterocycles. The van der Waals surface area contributed by atoms with Crippen LogP contribution in [0.2, 0.25) is 0 Å². The zero-order valence-corrected chi connectivity index (χ0v) is 20.2. The van der Waals surface area contributed by atoms with Crippen molar-refractivity contribution in [3.8, 4) is 11.1 Å². The SMILES string of the molecule is C=CP(=O)(O)C(C(=O)O)(c1c(-c2ccc(F)cc2)cc(C(C)(C)C)nc1C(C)C)C(C)O. The maximum absolute atomic E-state index is 13.7. The lowest BCUT2D eigenvalue weighted by atomic mass is 9.80. The second kappa shape index (κ2) is 8.89. The fourth-order valence-electron chi connectivity index (χ4n) is 3.83. The summed E-state index contributed by atoms with van der Waals surface area (Å²) >= 11 is 0. The monoisotopic (exact) mass is 463 g/mol. The van der Waals surface area contributed by atoms with Crippen molar-refractivity contribution < 1.29 is 28.9 Å². The summed E-state index contributed by atoms with van der Waals surface area (Å²) in [5.41, 5.74) is 1.13. The summed E-state index contributed by atoms with van der Waals surface area (Å²) in [6.45, 7) is 13.9. The highest BCUT2D eigenvalue weighted by Crippen LogP contribution is 2.65. The van der Waals surface area contributed by atoms with Crippen LogP contribution in [0.3, 0.4) is 0 Å². The minimum absolute atomic E-state index is 0.0691. The quantitative estimate of drug-likeness (QED) is 0.476. The highest BCUT2D eigenvalue weighted by Gasteiger charge is 2.60. The Kier molecular flexibility index (Phi) is 7.20. The van der Waals surface area contributed by atoms with Crippen molar-refractivity contribution in [3.63, 3.8) is 0 Å². The predicted octanol–water partition coefficient (Wildman–Crippen LogP) is 5.38. The smallest absolute Gasteiger partial charge is 0.327 e. The summed E-state index contributed by atoms with van der Waals surface area (Å²) in [4.78, 5) is 28.3. The molecule has 3 N–H and O–H groups in total. The van der Waals surface area contributed by atoms with E-state index in [4.69, 9.17) is 4.98 Å². The third kappa shape index (κ3) is 4.29. The van der Waals surface area contributed by atoms with E-state index in [1.54, 1.807) is 19.9 Å². The largest absolute Gasteiger partial charge is 0.480 e. The lowest BCUT2D eigenvalue weighted by Gasteiger charge is -2.38. The van der Waals surface area contributed by atoms with Gasteiger partial charge in [-0.25, -0.2) is 4.39 Å². The van der Waals surface area contributed by atoms with Gasteiger partial charge >= 0.3 is 5.97 Å². The number of nitrogens with zero attached hydrogens (tertiary/aromatic N) is 1. The maximum atomic E-state index is 13.7. The Morgan fingerprint density at radius 3 is 2.09 bits per heavy atom. The third-order valence-electron chi connectivity index (χ3n) is 5.58. The van der Waals surface area contributed by atoms with E-state index in [9.17, 15) is 28.9 Å². The van der Waals surface area contributed by atoms with E-state index in [1.807, 2.05) is 20.8 Å². The van der Waals surface area contributed by atoms with Crippen LogP contribution in [-0.4, -0.2) is 32.2 Å². The van der Waals surface area contributed by atoms with Crippen LogP contribution in [0.1, 0.15) is 64.4 Å². The summed E-state index contributed by atoms with van der Waals surface area (Å²) < 4.78 is 27.1. The van der Waals surface area contributed by atoms with Gasteiger partial charge in [0.05, 0.1) is 6.10 Å². The van der Waals surface area contributed by atoms with Gasteiger partial charge in [-0.1, -0.05) is 53.3 Å². The van der Waals surface area contributed by atoms with Crippen LogP contribution in [0.4, 0.5) is 4.39 Å². The minimum Gasteiger partial charge on any atom is -0.480 e. The van der Waals surface area contributed by atoms with E-state index < -0.39 is 35.8 Å². The van der Waals surface area contributed by atoms with Crippen molar-refractivity contribution in [2.45, 2.75) is 64.1 Å². The molecule has 0 bridgehead atoms. The molecule has 32 heavy (non-hydrogen) atoms. The lowest BCUT2D eigenvalue weighted by Crippen LogP contribution is -2.46. The lowest BCUT2D eigenvalue weighted by molar-refractivity contribution is -0.143. The van der Waals surface area contributed by atoms with Crippen molar-refractivity contribution in [1.29, 1.82) is 0 Å². The highest BCUT2D eigenvalue weighted by molar-refractivity contribution is 7.63. The van der Waals surface area contributed by atoms with E-state index in [-0.39, 0.29) is 17.2 Å². The van der Waals surface area contributed by atoms with Crippen molar-refractivity contribution in [3.05, 3.63) is 65.5 Å². The van der Waals surface area contributed by atoms with Gasteiger partial charge in [0.15, 0.2) is 5.16 Å². The molecule has 174 valence electrons. The topological polar surface area (TPSA) is 108 Å². The van der Waals surface area contributed by atoms with Crippen LogP contribution in [0, 0.1) is 5.82 Å². The Balaban J connectivity index is 3.25. The van der Waals surface area contributed by atoms with Crippen LogP contribution in [0.25, 0.3) is 11.1 Å². The summed E-state index contributed by atoms with van der Waals surface area (Å²) in [5.74, 6) is -1.82. The molecule has 0 spiro atoms. The number of carboxylic acid groups (broad SMARTS) is 1. The molecule has 0 radical (unpaired) electrons. The number of aromatic nitrogens is 1. The van der Waals surface area contributed by atoms with Crippen LogP contribution in [-0.2, 0) is 19.9 Å². The number of hydrogen-bond donors (Lipinski definition) is 3. The van der Waals surface area contributed by atoms with Gasteiger partial charge in [-0.2, -0.15) is 0 Å². The molecule has 2 rings (SSSR count). The molecule has 1 heterocycles. The van der Waals surface area contributed by atoms with E-state index in [2.05, 4.69) is 6.58 Å². The standard InChI is InChI=1S/C24H31FNO5P/c1-8-32(30,31)24(15(4)27,22(28)29)20-18(16-9-11-17(25)12-10-16)13-19(23(5,6)7)26-21(20)14(2)3/h8-15,27H,1H2,2-7H3,(H,28,29)(H,30,31). The number of aliphatic carboxylic acids is 1. The summed E-state index contributed by atoms with van der Waals surface area (Å²) in [7, 11) is -4.73. The normalized spacial score (nSPS) is 16.8. The molecule has 6 nitrogen and oxygen atoms in total. The number of aliphatic hydroxyl groups is 1. The van der Waals surface area contributed by atoms with Gasteiger partial charge in [0.25, 0.3) is 0 Å². The summed E-state index contributed by atoms with van der Waals surface area (Å²) in [5, 5.41) is 18.5. The number of aliphatic hydroxyl groups excluding tert-OH is 1. The Morgan fingerprint density at radius 2 is 1.72 bits per heavy atom. The molecule has 3 atom stereocenters. The van der Waals surface area contributed by atoms with Gasteiger partial charge in [0.1, 0.15) is 5.82 Å². The minimum atomic E-state index is -4.73. The fourth-order valence-corrected chi connectivity index (χ4v) is 5.48. The zero-order chi connectivity index (χ0) is 24.6. The van der Waals surface area contributed by atoms with Gasteiger partial charge in [0.2, 0.25) is 7.37 Å². The van der Waals surface area contributed by atoms with Crippen molar-refractivity contribution in [2.75, 3.05) is 0 Å². The van der Waals surface area contributed by atoms with Crippen molar-refractivity contribution in [2.24, 2.45) is 0 Å². The van der Waals surface area contributed by atoms with Gasteiger partial charge in [0, 0.05) is 22.4 Å². The van der Waals surface area contributed by atoms with Gasteiger partial charge in [-0.15, -0.1) is 0 Å². The number of halogens is 1. The number of rotatable bonds is 7.